The summed E-state index contributed by atoms with van der Waals surface area (Å²) < 4.78 is 0. The molecule has 0 radical (unpaired) electrons. The van der Waals surface area contributed by atoms with E-state index in [9.17, 15) is 19.5 Å². The molecule has 42 heavy (non-hydrogen) atoms. The molecule has 0 spiro atoms. The largest absolute Gasteiger partial charge is 0.508 e. The molecule has 2 N–H and O–H groups in total. The highest BCUT2D eigenvalue weighted by Crippen LogP contribution is 2.30. The van der Waals surface area contributed by atoms with E-state index < -0.39 is 12.2 Å². The van der Waals surface area contributed by atoms with Gasteiger partial charge in [0.05, 0.1) is 18.6 Å². The Bertz CT molecular complexity index is 1610. The van der Waals surface area contributed by atoms with Gasteiger partial charge in [0.2, 0.25) is 11.8 Å². The molecular formula is C32H32N6O4. The lowest BCUT2D eigenvalue weighted by atomic mass is 9.98. The van der Waals surface area contributed by atoms with Crippen molar-refractivity contribution >= 4 is 28.7 Å². The lowest BCUT2D eigenvalue weighted by Crippen LogP contribution is -2.76. The number of nitrogens with one attached hydrogen (secondary N) is 1. The van der Waals surface area contributed by atoms with Gasteiger partial charge in [0.1, 0.15) is 18.0 Å². The maximum atomic E-state index is 14.1. The van der Waals surface area contributed by atoms with Gasteiger partial charge in [-0.25, -0.2) is 14.8 Å². The summed E-state index contributed by atoms with van der Waals surface area (Å²) in [7, 11) is 1.71. The number of likely N-dealkylation sites (N-methyl/N-ethyl adjacent to an activating group) is 1. The normalized spacial score (nSPS) is 19.2. The summed E-state index contributed by atoms with van der Waals surface area (Å²) in [4.78, 5) is 49.1. The molecule has 0 aliphatic carbocycles. The summed E-state index contributed by atoms with van der Waals surface area (Å²) in [6, 6.07) is 24.7. The van der Waals surface area contributed by atoms with Crippen LogP contribution < -0.4 is 5.32 Å². The molecule has 0 unspecified atom stereocenters. The van der Waals surface area contributed by atoms with Crippen molar-refractivity contribution in [3.05, 3.63) is 108 Å². The first-order valence-electron chi connectivity index (χ1n) is 13.9. The van der Waals surface area contributed by atoms with Crippen LogP contribution in [0.2, 0.25) is 0 Å². The Morgan fingerprint density at radius 2 is 1.74 bits per heavy atom. The molecule has 2 aliphatic heterocycles. The van der Waals surface area contributed by atoms with Crippen molar-refractivity contribution in [1.82, 2.24) is 30.1 Å². The van der Waals surface area contributed by atoms with Crippen LogP contribution in [0.15, 0.2) is 91.1 Å². The molecule has 1 aromatic heterocycles. The van der Waals surface area contributed by atoms with Crippen molar-refractivity contribution in [3.8, 4) is 5.75 Å². The molecule has 4 aromatic rings. The molecule has 2 fully saturated rings. The third kappa shape index (κ3) is 5.36. The number of aromatic hydroxyl groups is 1. The van der Waals surface area contributed by atoms with Crippen LogP contribution in [-0.4, -0.2) is 80.1 Å². The Labute approximate surface area is 243 Å². The first kappa shape index (κ1) is 27.2. The molecule has 0 saturated carbocycles. The Kier molecular flexibility index (Phi) is 7.45. The number of fused-ring (bicyclic) bond motifs is 2. The second-order valence-electron chi connectivity index (χ2n) is 10.7. The van der Waals surface area contributed by atoms with Gasteiger partial charge in [0, 0.05) is 38.1 Å². The highest BCUT2D eigenvalue weighted by molar-refractivity contribution is 5.92. The zero-order valence-electron chi connectivity index (χ0n) is 23.3. The summed E-state index contributed by atoms with van der Waals surface area (Å²) in [6.45, 7) is 0.739. The van der Waals surface area contributed by atoms with Crippen molar-refractivity contribution in [1.29, 1.82) is 0 Å². The average molecular weight is 565 g/mol. The predicted molar refractivity (Wildman–Crippen MR) is 157 cm³/mol. The summed E-state index contributed by atoms with van der Waals surface area (Å²) in [5, 5.41) is 16.9. The molecule has 10 nitrogen and oxygen atoms in total. The number of phenolic OH excluding ortho intramolecular Hbond substituents is 1. The monoisotopic (exact) mass is 564 g/mol. The lowest BCUT2D eigenvalue weighted by molar-refractivity contribution is -0.187. The van der Waals surface area contributed by atoms with Gasteiger partial charge in [-0.1, -0.05) is 60.7 Å². The number of urea groups is 1. The molecule has 3 heterocycles. The standard InChI is InChI=1S/C32H32N6O4/c1-35-21-30(40)37-28(17-22-12-14-25(39)15-13-22)31(41)36(19-24-9-5-11-27-26(24)10-6-16-33-27)20-29(37)38(35)32(42)34-18-23-7-3-2-4-8-23/h2-16,28-29,39H,17-21H2,1H3,(H,34,42)/t28-,29-/m0/s1. The van der Waals surface area contributed by atoms with Crippen molar-refractivity contribution in [2.24, 2.45) is 0 Å². The van der Waals surface area contributed by atoms with Crippen LogP contribution >= 0.6 is 0 Å². The number of pyridine rings is 1. The highest BCUT2D eigenvalue weighted by Gasteiger charge is 2.50. The number of rotatable bonds is 6. The van der Waals surface area contributed by atoms with Crippen molar-refractivity contribution in [2.75, 3.05) is 20.1 Å². The van der Waals surface area contributed by atoms with Gasteiger partial charge in [-0.3, -0.25) is 14.6 Å². The van der Waals surface area contributed by atoms with Crippen LogP contribution in [0.3, 0.4) is 0 Å². The number of amides is 4. The van der Waals surface area contributed by atoms with E-state index >= 15 is 0 Å². The van der Waals surface area contributed by atoms with Gasteiger partial charge in [-0.15, -0.1) is 0 Å². The average Bonchev–Trinajstić information content (AvgIpc) is 2.99. The van der Waals surface area contributed by atoms with Crippen LogP contribution in [0, 0.1) is 0 Å². The number of benzene rings is 3. The molecule has 6 rings (SSSR count). The first-order chi connectivity index (χ1) is 20.4. The van der Waals surface area contributed by atoms with E-state index in [2.05, 4.69) is 10.3 Å². The zero-order chi connectivity index (χ0) is 29.2. The molecule has 2 saturated heterocycles. The maximum absolute atomic E-state index is 14.1. The fraction of sp³-hybridized carbons (Fsp3) is 0.250. The first-order valence-corrected chi connectivity index (χ1v) is 13.9. The quantitative estimate of drug-likeness (QED) is 0.373. The van der Waals surface area contributed by atoms with E-state index in [-0.39, 0.29) is 43.1 Å². The number of carbonyl (C=O) groups excluding carboxylic acids is 3. The highest BCUT2D eigenvalue weighted by atomic mass is 16.3. The second-order valence-corrected chi connectivity index (χ2v) is 10.7. The Morgan fingerprint density at radius 3 is 2.52 bits per heavy atom. The summed E-state index contributed by atoms with van der Waals surface area (Å²) >= 11 is 0. The van der Waals surface area contributed by atoms with Crippen LogP contribution in [0.25, 0.3) is 10.9 Å². The molecule has 10 heteroatoms. The van der Waals surface area contributed by atoms with Crippen molar-refractivity contribution in [2.45, 2.75) is 31.7 Å². The second kappa shape index (κ2) is 11.5. The van der Waals surface area contributed by atoms with Crippen LogP contribution in [0.4, 0.5) is 4.79 Å². The van der Waals surface area contributed by atoms with E-state index in [1.807, 2.05) is 60.7 Å². The molecule has 4 amide bonds. The summed E-state index contributed by atoms with van der Waals surface area (Å²) in [5.41, 5.74) is 3.51. The third-order valence-corrected chi connectivity index (χ3v) is 7.90. The Morgan fingerprint density at radius 1 is 0.952 bits per heavy atom. The fourth-order valence-corrected chi connectivity index (χ4v) is 5.87. The van der Waals surface area contributed by atoms with Gasteiger partial charge in [-0.2, -0.15) is 0 Å². The number of hydrogen-bond acceptors (Lipinski definition) is 6. The Balaban J connectivity index is 1.34. The van der Waals surface area contributed by atoms with Crippen LogP contribution in [0.1, 0.15) is 16.7 Å². The van der Waals surface area contributed by atoms with Gasteiger partial charge in [0.15, 0.2) is 0 Å². The SMILES string of the molecule is CN1CC(=O)N2[C@@H](Cc3ccc(O)cc3)C(=O)N(Cc3cccc4ncccc34)C[C@@H]2N1C(=O)NCc1ccccc1. The van der Waals surface area contributed by atoms with E-state index in [0.29, 0.717) is 13.1 Å². The van der Waals surface area contributed by atoms with Crippen LogP contribution in [-0.2, 0) is 29.1 Å². The van der Waals surface area contributed by atoms with E-state index in [0.717, 1.165) is 27.6 Å². The molecule has 214 valence electrons. The minimum absolute atomic E-state index is 0.0381. The molecule has 2 aliphatic rings. The molecule has 0 bridgehead atoms. The summed E-state index contributed by atoms with van der Waals surface area (Å²) in [5.74, 6) is -0.293. The lowest BCUT2D eigenvalue weighted by Gasteiger charge is -2.54. The van der Waals surface area contributed by atoms with Gasteiger partial charge < -0.3 is 20.2 Å². The number of phenols is 1. The van der Waals surface area contributed by atoms with Crippen LogP contribution in [0.5, 0.6) is 5.75 Å². The predicted octanol–water partition coefficient (Wildman–Crippen LogP) is 3.12. The Hall–Kier alpha value is -4.96. The van der Waals surface area contributed by atoms with Gasteiger partial charge in [-0.05, 0) is 41.0 Å². The topological polar surface area (TPSA) is 109 Å². The van der Waals surface area contributed by atoms with Crippen molar-refractivity contribution < 1.29 is 19.5 Å². The van der Waals surface area contributed by atoms with E-state index in [4.69, 9.17) is 0 Å². The third-order valence-electron chi connectivity index (χ3n) is 7.90. The van der Waals surface area contributed by atoms with Gasteiger partial charge >= 0.3 is 6.03 Å². The molecule has 2 atom stereocenters. The minimum Gasteiger partial charge on any atom is -0.508 e. The van der Waals surface area contributed by atoms with E-state index in [1.54, 1.807) is 57.3 Å². The zero-order valence-corrected chi connectivity index (χ0v) is 23.3. The number of piperazine rings is 1. The van der Waals surface area contributed by atoms with Crippen molar-refractivity contribution in [3.63, 3.8) is 0 Å². The van der Waals surface area contributed by atoms with Gasteiger partial charge in [0.25, 0.3) is 0 Å². The molecular weight excluding hydrogens is 532 g/mol. The fourth-order valence-electron chi connectivity index (χ4n) is 5.87. The summed E-state index contributed by atoms with van der Waals surface area (Å²) in [6.07, 6.45) is 1.28. The smallest absolute Gasteiger partial charge is 0.334 e. The number of hydrogen-bond donors (Lipinski definition) is 2. The minimum atomic E-state index is -0.827. The van der Waals surface area contributed by atoms with E-state index in [1.165, 1.54) is 0 Å². The maximum Gasteiger partial charge on any atom is 0.334 e. The number of carbonyl (C=O) groups is 3. The number of aromatic nitrogens is 1. The molecule has 3 aromatic carbocycles. The number of hydrazine groups is 1. The number of nitrogens with zero attached hydrogens (tertiary/aromatic N) is 5.